The van der Waals surface area contributed by atoms with Gasteiger partial charge in [0.25, 0.3) is 12.3 Å². The van der Waals surface area contributed by atoms with E-state index in [2.05, 4.69) is 20.3 Å². The van der Waals surface area contributed by atoms with Crippen molar-refractivity contribution in [2.45, 2.75) is 46.1 Å². The Balaban J connectivity index is 1.50. The summed E-state index contributed by atoms with van der Waals surface area (Å²) in [5.74, 6) is 0.151. The molecule has 3 N–H and O–H groups in total. The van der Waals surface area contributed by atoms with Crippen LogP contribution in [0.5, 0.6) is 5.75 Å². The molecule has 0 radical (unpaired) electrons. The van der Waals surface area contributed by atoms with Crippen molar-refractivity contribution in [2.75, 3.05) is 26.3 Å². The van der Waals surface area contributed by atoms with E-state index in [-0.39, 0.29) is 30.0 Å². The summed E-state index contributed by atoms with van der Waals surface area (Å²) >= 11 is 0. The quantitative estimate of drug-likeness (QED) is 0.412. The minimum Gasteiger partial charge on any atom is -0.493 e. The highest BCUT2D eigenvalue weighted by Gasteiger charge is 2.42. The van der Waals surface area contributed by atoms with Gasteiger partial charge in [-0.1, -0.05) is 13.8 Å². The van der Waals surface area contributed by atoms with E-state index in [1.54, 1.807) is 6.92 Å². The predicted octanol–water partition coefficient (Wildman–Crippen LogP) is 3.62. The SMILES string of the molecule is Cc1[nH]c2c(-c3cc(C(F)F)ccc3OCC3CC3)ncnc2c1C(=O)N[C@@H]1CN(C(=O)CO)CC1(C)C. The van der Waals surface area contributed by atoms with Crippen LogP contribution in [0.4, 0.5) is 8.78 Å². The van der Waals surface area contributed by atoms with E-state index in [4.69, 9.17) is 4.74 Å². The van der Waals surface area contributed by atoms with E-state index in [9.17, 15) is 23.5 Å². The van der Waals surface area contributed by atoms with Gasteiger partial charge >= 0.3 is 0 Å². The zero-order chi connectivity index (χ0) is 27.2. The van der Waals surface area contributed by atoms with Crippen molar-refractivity contribution in [1.82, 2.24) is 25.2 Å². The van der Waals surface area contributed by atoms with Crippen molar-refractivity contribution >= 4 is 22.8 Å². The molecule has 1 saturated carbocycles. The molecule has 2 aromatic heterocycles. The molecule has 1 aromatic carbocycles. The van der Waals surface area contributed by atoms with E-state index in [0.29, 0.717) is 58.4 Å². The number of aliphatic hydroxyl groups is 1. The first-order valence-corrected chi connectivity index (χ1v) is 12.7. The lowest BCUT2D eigenvalue weighted by molar-refractivity contribution is -0.133. The van der Waals surface area contributed by atoms with Crippen molar-refractivity contribution in [1.29, 1.82) is 0 Å². The van der Waals surface area contributed by atoms with Crippen LogP contribution in [0, 0.1) is 18.3 Å². The average Bonchev–Trinajstić information content (AvgIpc) is 3.58. The van der Waals surface area contributed by atoms with E-state index in [0.717, 1.165) is 12.8 Å². The Bertz CT molecular complexity index is 1390. The lowest BCUT2D eigenvalue weighted by atomic mass is 9.87. The van der Waals surface area contributed by atoms with Crippen LogP contribution in [0.25, 0.3) is 22.3 Å². The van der Waals surface area contributed by atoms with Crippen molar-refractivity contribution < 1.29 is 28.2 Å². The largest absolute Gasteiger partial charge is 0.493 e. The van der Waals surface area contributed by atoms with Gasteiger partial charge in [-0.15, -0.1) is 0 Å². The first kappa shape index (κ1) is 26.0. The number of hydrogen-bond acceptors (Lipinski definition) is 6. The van der Waals surface area contributed by atoms with Gasteiger partial charge in [0.2, 0.25) is 5.91 Å². The van der Waals surface area contributed by atoms with Crippen LogP contribution in [0.3, 0.4) is 0 Å². The highest BCUT2D eigenvalue weighted by molar-refractivity contribution is 6.09. The molecule has 0 unspecified atom stereocenters. The lowest BCUT2D eigenvalue weighted by Gasteiger charge is -2.26. The number of alkyl halides is 2. The molecule has 38 heavy (non-hydrogen) atoms. The van der Waals surface area contributed by atoms with Crippen LogP contribution in [0.2, 0.25) is 0 Å². The van der Waals surface area contributed by atoms with Gasteiger partial charge in [0.05, 0.1) is 23.7 Å². The number of halogens is 2. The smallest absolute Gasteiger partial charge is 0.263 e. The summed E-state index contributed by atoms with van der Waals surface area (Å²) in [7, 11) is 0. The number of hydrogen-bond donors (Lipinski definition) is 3. The molecule has 3 heterocycles. The summed E-state index contributed by atoms with van der Waals surface area (Å²) in [6, 6.07) is 3.92. The molecule has 202 valence electrons. The van der Waals surface area contributed by atoms with Gasteiger partial charge in [0.15, 0.2) is 0 Å². The maximum atomic E-state index is 13.6. The lowest BCUT2D eigenvalue weighted by Crippen LogP contribution is -2.44. The number of benzene rings is 1. The first-order valence-electron chi connectivity index (χ1n) is 12.7. The van der Waals surface area contributed by atoms with E-state index >= 15 is 0 Å². The topological polar surface area (TPSA) is 120 Å². The summed E-state index contributed by atoms with van der Waals surface area (Å²) in [5.41, 5.74) is 1.87. The minimum atomic E-state index is -2.66. The van der Waals surface area contributed by atoms with Gasteiger partial charge in [-0.05, 0) is 43.9 Å². The second-order valence-electron chi connectivity index (χ2n) is 10.8. The van der Waals surface area contributed by atoms with Gasteiger partial charge in [-0.25, -0.2) is 18.7 Å². The summed E-state index contributed by atoms with van der Waals surface area (Å²) in [6.45, 7) is 6.23. The third-order valence-corrected chi connectivity index (χ3v) is 7.42. The zero-order valence-corrected chi connectivity index (χ0v) is 21.6. The number of fused-ring (bicyclic) bond motifs is 1. The number of likely N-dealkylation sites (tertiary alicyclic amines) is 1. The molecule has 1 aliphatic heterocycles. The van der Waals surface area contributed by atoms with Gasteiger partial charge in [-0.2, -0.15) is 0 Å². The summed E-state index contributed by atoms with van der Waals surface area (Å²) in [4.78, 5) is 39.0. The second kappa shape index (κ2) is 9.94. The van der Waals surface area contributed by atoms with Crippen LogP contribution >= 0.6 is 0 Å². The highest BCUT2D eigenvalue weighted by atomic mass is 19.3. The molecule has 0 spiro atoms. The third-order valence-electron chi connectivity index (χ3n) is 7.42. The van der Waals surface area contributed by atoms with Gasteiger partial charge in [-0.3, -0.25) is 9.59 Å². The van der Waals surface area contributed by atoms with Crippen LogP contribution < -0.4 is 10.1 Å². The maximum Gasteiger partial charge on any atom is 0.263 e. The fraction of sp³-hybridized carbons (Fsp3) is 0.481. The fourth-order valence-corrected chi connectivity index (χ4v) is 4.99. The average molecular weight is 528 g/mol. The molecule has 2 aliphatic rings. The third kappa shape index (κ3) is 4.94. The van der Waals surface area contributed by atoms with Crippen molar-refractivity contribution in [2.24, 2.45) is 11.3 Å². The molecule has 3 aromatic rings. The number of rotatable bonds is 8. The van der Waals surface area contributed by atoms with E-state index < -0.39 is 18.4 Å². The number of aromatic nitrogens is 3. The number of carbonyl (C=O) groups is 2. The van der Waals surface area contributed by atoms with Crippen LogP contribution in [-0.2, 0) is 4.79 Å². The Morgan fingerprint density at radius 3 is 2.74 bits per heavy atom. The molecule has 0 bridgehead atoms. The van der Waals surface area contributed by atoms with Gasteiger partial charge in [0.1, 0.15) is 29.9 Å². The Morgan fingerprint density at radius 2 is 2.05 bits per heavy atom. The number of nitrogens with one attached hydrogen (secondary N) is 2. The number of aliphatic hydroxyl groups excluding tert-OH is 1. The van der Waals surface area contributed by atoms with E-state index in [1.807, 2.05) is 13.8 Å². The van der Waals surface area contributed by atoms with E-state index in [1.165, 1.54) is 29.4 Å². The molecule has 2 amide bonds. The fourth-order valence-electron chi connectivity index (χ4n) is 4.99. The Hall–Kier alpha value is -3.60. The molecule has 9 nitrogen and oxygen atoms in total. The highest BCUT2D eigenvalue weighted by Crippen LogP contribution is 2.38. The number of aromatic amines is 1. The molecular weight excluding hydrogens is 496 g/mol. The summed E-state index contributed by atoms with van der Waals surface area (Å²) in [6.07, 6.45) is 0.811. The Morgan fingerprint density at radius 1 is 1.29 bits per heavy atom. The Labute approximate surface area is 218 Å². The molecule has 1 aliphatic carbocycles. The minimum absolute atomic E-state index is 0.155. The van der Waals surface area contributed by atoms with Crippen molar-refractivity contribution in [3.05, 3.63) is 41.3 Å². The van der Waals surface area contributed by atoms with Crippen molar-refractivity contribution in [3.8, 4) is 17.0 Å². The zero-order valence-electron chi connectivity index (χ0n) is 21.6. The number of amides is 2. The van der Waals surface area contributed by atoms with Gasteiger partial charge < -0.3 is 25.0 Å². The number of ether oxygens (including phenoxy) is 1. The molecule has 11 heteroatoms. The molecule has 5 rings (SSSR count). The predicted molar refractivity (Wildman–Crippen MR) is 136 cm³/mol. The van der Waals surface area contributed by atoms with Gasteiger partial charge in [0, 0.05) is 35.3 Å². The second-order valence-corrected chi connectivity index (χ2v) is 10.8. The standard InChI is InChI=1S/C27H31F2N5O4/c1-14-21(26(37)33-19-9-34(20(36)10-35)12-27(19,2)3)23-24(32-14)22(30-13-31-23)17-8-16(25(28)29)6-7-18(17)38-11-15-4-5-15/h6-8,13,15,19,25,32,35H,4-5,9-12H2,1-3H3,(H,33,37)/t19-/m1/s1. The number of carbonyl (C=O) groups excluding carboxylic acids is 2. The summed E-state index contributed by atoms with van der Waals surface area (Å²) in [5, 5.41) is 12.3. The molecule has 2 fully saturated rings. The first-order chi connectivity index (χ1) is 18.1. The van der Waals surface area contributed by atoms with Crippen LogP contribution in [-0.4, -0.2) is 69.1 Å². The number of nitrogens with zero attached hydrogens (tertiary/aromatic N) is 3. The normalized spacial score (nSPS) is 18.8. The maximum absolute atomic E-state index is 13.6. The number of H-pyrrole nitrogens is 1. The molecular formula is C27H31F2N5O4. The number of aryl methyl sites for hydroxylation is 1. The molecule has 1 atom stereocenters. The van der Waals surface area contributed by atoms with Crippen LogP contribution in [0.1, 0.15) is 54.7 Å². The monoisotopic (exact) mass is 527 g/mol. The summed E-state index contributed by atoms with van der Waals surface area (Å²) < 4.78 is 33.2. The van der Waals surface area contributed by atoms with Crippen LogP contribution in [0.15, 0.2) is 24.5 Å². The Kier molecular flexibility index (Phi) is 6.81. The van der Waals surface area contributed by atoms with Crippen molar-refractivity contribution in [3.63, 3.8) is 0 Å². The molecule has 1 saturated heterocycles.